The van der Waals surface area contributed by atoms with Crippen LogP contribution in [0.4, 0.5) is 5.69 Å². The number of hydrogen-bond donors (Lipinski definition) is 1. The number of sulfonamides is 1. The van der Waals surface area contributed by atoms with Crippen molar-refractivity contribution in [1.29, 1.82) is 5.26 Å². The van der Waals surface area contributed by atoms with Crippen molar-refractivity contribution in [2.75, 3.05) is 31.7 Å². The Labute approximate surface area is 172 Å². The molecular formula is C19H17N5O3S2. The van der Waals surface area contributed by atoms with Gasteiger partial charge in [0.1, 0.15) is 6.07 Å². The van der Waals surface area contributed by atoms with Crippen LogP contribution in [-0.2, 0) is 14.8 Å². The standard InChI is InChI=1S/C19H17N5O3S2/c20-13-17(19-21-16-6-1-2-7-18(16)28-19)23-22-14-4-3-5-15(12-14)29(25,26)24-8-10-27-11-9-24/h1-7,12,22H,8-11H2. The van der Waals surface area contributed by atoms with Crippen molar-refractivity contribution < 1.29 is 13.2 Å². The summed E-state index contributed by atoms with van der Waals surface area (Å²) < 4.78 is 33.2. The van der Waals surface area contributed by atoms with Gasteiger partial charge in [-0.3, -0.25) is 5.43 Å². The maximum absolute atomic E-state index is 12.8. The summed E-state index contributed by atoms with van der Waals surface area (Å²) >= 11 is 1.37. The van der Waals surface area contributed by atoms with Gasteiger partial charge in [0.15, 0.2) is 10.7 Å². The molecule has 0 amide bonds. The van der Waals surface area contributed by atoms with Gasteiger partial charge in [0.2, 0.25) is 10.0 Å². The molecule has 1 fully saturated rings. The predicted molar refractivity (Wildman–Crippen MR) is 111 cm³/mol. The minimum absolute atomic E-state index is 0.132. The van der Waals surface area contributed by atoms with E-state index in [1.807, 2.05) is 30.3 Å². The molecule has 3 aromatic rings. The lowest BCUT2D eigenvalue weighted by Gasteiger charge is -2.26. The largest absolute Gasteiger partial charge is 0.379 e. The third-order valence-corrected chi connectivity index (χ3v) is 7.28. The Kier molecular flexibility index (Phi) is 5.55. The van der Waals surface area contributed by atoms with Gasteiger partial charge in [0.25, 0.3) is 0 Å². The smallest absolute Gasteiger partial charge is 0.243 e. The van der Waals surface area contributed by atoms with Crippen LogP contribution in [0.25, 0.3) is 10.2 Å². The number of thiazole rings is 1. The molecule has 4 rings (SSSR count). The molecule has 10 heteroatoms. The fraction of sp³-hybridized carbons (Fsp3) is 0.211. The molecule has 1 saturated heterocycles. The van der Waals surface area contributed by atoms with Gasteiger partial charge < -0.3 is 4.74 Å². The van der Waals surface area contributed by atoms with Crippen molar-refractivity contribution in [3.63, 3.8) is 0 Å². The molecule has 2 aromatic carbocycles. The molecule has 0 unspecified atom stereocenters. The molecule has 0 spiro atoms. The lowest BCUT2D eigenvalue weighted by atomic mass is 10.3. The van der Waals surface area contributed by atoms with Crippen molar-refractivity contribution in [2.24, 2.45) is 5.10 Å². The summed E-state index contributed by atoms with van der Waals surface area (Å²) in [6.45, 7) is 1.42. The monoisotopic (exact) mass is 427 g/mol. The Hall–Kier alpha value is -2.84. The lowest BCUT2D eigenvalue weighted by Crippen LogP contribution is -2.40. The second kappa shape index (κ2) is 8.26. The number of anilines is 1. The normalized spacial score (nSPS) is 15.9. The average molecular weight is 428 g/mol. The molecular weight excluding hydrogens is 410 g/mol. The minimum Gasteiger partial charge on any atom is -0.379 e. The fourth-order valence-electron chi connectivity index (χ4n) is 2.88. The van der Waals surface area contributed by atoms with Gasteiger partial charge in [0, 0.05) is 13.1 Å². The van der Waals surface area contributed by atoms with Gasteiger partial charge >= 0.3 is 0 Å². The van der Waals surface area contributed by atoms with Crippen molar-refractivity contribution in [3.8, 4) is 6.07 Å². The number of para-hydroxylation sites is 1. The Bertz CT molecular complexity index is 1170. The second-order valence-corrected chi connectivity index (χ2v) is 9.18. The Balaban J connectivity index is 1.57. The number of ether oxygens (including phenoxy) is 1. The third-order valence-electron chi connectivity index (χ3n) is 4.34. The maximum atomic E-state index is 12.8. The molecule has 148 valence electrons. The number of nitrogens with zero attached hydrogens (tertiary/aromatic N) is 4. The SMILES string of the molecule is N#CC(=NNc1cccc(S(=O)(=O)N2CCOCC2)c1)c1nc2ccccc2s1. The van der Waals surface area contributed by atoms with Gasteiger partial charge in [-0.15, -0.1) is 11.3 Å². The molecule has 1 aromatic heterocycles. The number of morpholine rings is 1. The van der Waals surface area contributed by atoms with Gasteiger partial charge in [-0.25, -0.2) is 13.4 Å². The number of hydrazone groups is 1. The summed E-state index contributed by atoms with van der Waals surface area (Å²) in [7, 11) is -3.61. The first-order chi connectivity index (χ1) is 14.1. The number of rotatable bonds is 5. The van der Waals surface area contributed by atoms with Crippen LogP contribution < -0.4 is 5.43 Å². The molecule has 1 N–H and O–H groups in total. The van der Waals surface area contributed by atoms with Gasteiger partial charge in [0.05, 0.1) is 34.0 Å². The minimum atomic E-state index is -3.61. The van der Waals surface area contributed by atoms with E-state index < -0.39 is 10.0 Å². The van der Waals surface area contributed by atoms with E-state index in [9.17, 15) is 13.7 Å². The molecule has 1 aliphatic rings. The van der Waals surface area contributed by atoms with E-state index >= 15 is 0 Å². The Morgan fingerprint density at radius 3 is 2.76 bits per heavy atom. The van der Waals surface area contributed by atoms with Crippen LogP contribution in [0, 0.1) is 11.3 Å². The highest BCUT2D eigenvalue weighted by atomic mass is 32.2. The molecule has 1 aliphatic heterocycles. The van der Waals surface area contributed by atoms with Crippen LogP contribution in [-0.4, -0.2) is 49.7 Å². The van der Waals surface area contributed by atoms with E-state index in [-0.39, 0.29) is 10.6 Å². The van der Waals surface area contributed by atoms with Crippen molar-refractivity contribution in [1.82, 2.24) is 9.29 Å². The zero-order chi connectivity index (χ0) is 20.3. The topological polar surface area (TPSA) is 108 Å². The first-order valence-corrected chi connectivity index (χ1v) is 11.1. The molecule has 8 nitrogen and oxygen atoms in total. The van der Waals surface area contributed by atoms with Gasteiger partial charge in [-0.2, -0.15) is 14.7 Å². The highest BCUT2D eigenvalue weighted by molar-refractivity contribution is 7.89. The second-order valence-electron chi connectivity index (χ2n) is 6.22. The molecule has 29 heavy (non-hydrogen) atoms. The molecule has 0 bridgehead atoms. The number of benzene rings is 2. The molecule has 0 radical (unpaired) electrons. The summed E-state index contributed by atoms with van der Waals surface area (Å²) in [6, 6.07) is 16.0. The van der Waals surface area contributed by atoms with E-state index in [1.165, 1.54) is 21.7 Å². The van der Waals surface area contributed by atoms with Crippen LogP contribution >= 0.6 is 11.3 Å². The van der Waals surface area contributed by atoms with Crippen LogP contribution in [0.5, 0.6) is 0 Å². The molecule has 0 saturated carbocycles. The third kappa shape index (κ3) is 4.13. The van der Waals surface area contributed by atoms with Crippen molar-refractivity contribution in [3.05, 3.63) is 53.5 Å². The summed E-state index contributed by atoms with van der Waals surface area (Å²) in [5.41, 5.74) is 4.18. The Morgan fingerprint density at radius 1 is 1.21 bits per heavy atom. The van der Waals surface area contributed by atoms with Crippen LogP contribution in [0.15, 0.2) is 58.5 Å². The van der Waals surface area contributed by atoms with E-state index in [1.54, 1.807) is 18.2 Å². The molecule has 2 heterocycles. The fourth-order valence-corrected chi connectivity index (χ4v) is 5.24. The van der Waals surface area contributed by atoms with E-state index in [0.717, 1.165) is 10.2 Å². The average Bonchev–Trinajstić information content (AvgIpc) is 3.19. The quantitative estimate of drug-likeness (QED) is 0.495. The zero-order valence-corrected chi connectivity index (χ0v) is 16.9. The summed E-state index contributed by atoms with van der Waals surface area (Å²) in [5.74, 6) is 0. The first-order valence-electron chi connectivity index (χ1n) is 8.85. The Morgan fingerprint density at radius 2 is 2.00 bits per heavy atom. The van der Waals surface area contributed by atoms with E-state index in [2.05, 4.69) is 15.5 Å². The number of hydrogen-bond acceptors (Lipinski definition) is 8. The number of aromatic nitrogens is 1. The number of fused-ring (bicyclic) bond motifs is 1. The highest BCUT2D eigenvalue weighted by Crippen LogP contribution is 2.23. The maximum Gasteiger partial charge on any atom is 0.243 e. The first kappa shape index (κ1) is 19.5. The predicted octanol–water partition coefficient (Wildman–Crippen LogP) is 2.66. The van der Waals surface area contributed by atoms with Crippen molar-refractivity contribution >= 4 is 43.0 Å². The van der Waals surface area contributed by atoms with Gasteiger partial charge in [-0.05, 0) is 30.3 Å². The molecule has 0 atom stereocenters. The highest BCUT2D eigenvalue weighted by Gasteiger charge is 2.26. The van der Waals surface area contributed by atoms with E-state index in [4.69, 9.17) is 4.74 Å². The lowest BCUT2D eigenvalue weighted by molar-refractivity contribution is 0.0730. The van der Waals surface area contributed by atoms with Crippen LogP contribution in [0.3, 0.4) is 0 Å². The van der Waals surface area contributed by atoms with Gasteiger partial charge in [-0.1, -0.05) is 18.2 Å². The van der Waals surface area contributed by atoms with E-state index in [0.29, 0.717) is 37.0 Å². The molecule has 0 aliphatic carbocycles. The summed E-state index contributed by atoms with van der Waals surface area (Å²) in [5, 5.41) is 14.1. The summed E-state index contributed by atoms with van der Waals surface area (Å²) in [4.78, 5) is 4.59. The van der Waals surface area contributed by atoms with Crippen LogP contribution in [0.1, 0.15) is 5.01 Å². The number of nitrogens with one attached hydrogen (secondary N) is 1. The van der Waals surface area contributed by atoms with Crippen molar-refractivity contribution in [2.45, 2.75) is 4.90 Å². The summed E-state index contributed by atoms with van der Waals surface area (Å²) in [6.07, 6.45) is 0. The van der Waals surface area contributed by atoms with Crippen LogP contribution in [0.2, 0.25) is 0 Å². The number of nitriles is 1. The zero-order valence-electron chi connectivity index (χ0n) is 15.3.